The second-order valence-electron chi connectivity index (χ2n) is 5.43. The summed E-state index contributed by atoms with van der Waals surface area (Å²) in [6, 6.07) is 2.81. The number of nitrogens with zero attached hydrogens (tertiary/aromatic N) is 2. The van der Waals surface area contributed by atoms with Crippen LogP contribution in [-0.4, -0.2) is 22.4 Å². The number of benzene rings is 1. The fourth-order valence-corrected chi connectivity index (χ4v) is 2.14. The Balaban J connectivity index is 1.72. The van der Waals surface area contributed by atoms with Crippen molar-refractivity contribution in [1.82, 2.24) is 20.4 Å². The molecule has 2 N–H and O–H groups in total. The zero-order valence-corrected chi connectivity index (χ0v) is 13.1. The van der Waals surface area contributed by atoms with Gasteiger partial charge in [-0.1, -0.05) is 6.07 Å². The van der Waals surface area contributed by atoms with Crippen molar-refractivity contribution in [3.05, 3.63) is 53.4 Å². The Labute approximate surface area is 133 Å². The van der Waals surface area contributed by atoms with Crippen molar-refractivity contribution < 1.29 is 13.6 Å². The molecule has 1 heterocycles. The van der Waals surface area contributed by atoms with Crippen molar-refractivity contribution in [1.29, 1.82) is 0 Å². The Morgan fingerprint density at radius 3 is 2.78 bits per heavy atom. The molecular weight excluding hydrogens is 302 g/mol. The summed E-state index contributed by atoms with van der Waals surface area (Å²) < 4.78 is 27.9. The molecule has 5 nitrogen and oxygen atoms in total. The van der Waals surface area contributed by atoms with Gasteiger partial charge in [0.2, 0.25) is 0 Å². The molecule has 1 atom stereocenters. The Bertz CT molecular complexity index is 672. The fourth-order valence-electron chi connectivity index (χ4n) is 2.14. The minimum atomic E-state index is -0.925. The van der Waals surface area contributed by atoms with Gasteiger partial charge in [-0.3, -0.25) is 4.68 Å². The topological polar surface area (TPSA) is 59.0 Å². The first-order valence-electron chi connectivity index (χ1n) is 7.44. The summed E-state index contributed by atoms with van der Waals surface area (Å²) in [7, 11) is 0. The smallest absolute Gasteiger partial charge is 0.315 e. The highest BCUT2D eigenvalue weighted by Gasteiger charge is 2.11. The second-order valence-corrected chi connectivity index (χ2v) is 5.43. The van der Waals surface area contributed by atoms with Crippen molar-refractivity contribution in [2.24, 2.45) is 0 Å². The third-order valence-electron chi connectivity index (χ3n) is 3.40. The van der Waals surface area contributed by atoms with Crippen LogP contribution in [0, 0.1) is 18.6 Å². The summed E-state index contributed by atoms with van der Waals surface area (Å²) in [5.41, 5.74) is 1.60. The van der Waals surface area contributed by atoms with Gasteiger partial charge in [0.05, 0.1) is 12.2 Å². The summed E-state index contributed by atoms with van der Waals surface area (Å²) >= 11 is 0. The van der Waals surface area contributed by atoms with Crippen LogP contribution in [0.1, 0.15) is 30.5 Å². The van der Waals surface area contributed by atoms with E-state index in [1.807, 2.05) is 17.8 Å². The number of nitrogens with one attached hydrogen (secondary N) is 2. The SMILES string of the molecule is Cc1cnn(CCCNC(=O)NC(C)c2ccc(F)c(F)c2)c1. The van der Waals surface area contributed by atoms with Crippen LogP contribution in [0.15, 0.2) is 30.6 Å². The number of halogens is 2. The van der Waals surface area contributed by atoms with Gasteiger partial charge in [0.15, 0.2) is 11.6 Å². The molecule has 0 aliphatic rings. The summed E-state index contributed by atoms with van der Waals surface area (Å²) in [5.74, 6) is -1.83. The standard InChI is InChI=1S/C16H20F2N4O/c1-11-9-20-22(10-11)7-3-6-19-16(23)21-12(2)13-4-5-14(17)15(18)8-13/h4-5,8-10,12H,3,6-7H2,1-2H3,(H2,19,21,23). The molecule has 0 aliphatic heterocycles. The van der Waals surface area contributed by atoms with Crippen molar-refractivity contribution in [2.75, 3.05) is 6.54 Å². The summed E-state index contributed by atoms with van der Waals surface area (Å²) in [6.07, 6.45) is 4.46. The van der Waals surface area contributed by atoms with E-state index in [9.17, 15) is 13.6 Å². The van der Waals surface area contributed by atoms with Gasteiger partial charge in [-0.05, 0) is 43.5 Å². The first kappa shape index (κ1) is 16.9. The highest BCUT2D eigenvalue weighted by molar-refractivity contribution is 5.74. The van der Waals surface area contributed by atoms with Gasteiger partial charge in [0, 0.05) is 19.3 Å². The maximum Gasteiger partial charge on any atom is 0.315 e. The zero-order valence-electron chi connectivity index (χ0n) is 13.1. The minimum absolute atomic E-state index is 0.348. The third kappa shape index (κ3) is 5.05. The van der Waals surface area contributed by atoms with Crippen LogP contribution in [0.2, 0.25) is 0 Å². The molecule has 2 aromatic rings. The second kappa shape index (κ2) is 7.71. The van der Waals surface area contributed by atoms with Crippen LogP contribution >= 0.6 is 0 Å². The number of urea groups is 1. The number of aryl methyl sites for hydroxylation is 2. The van der Waals surface area contributed by atoms with Gasteiger partial charge in [-0.15, -0.1) is 0 Å². The molecule has 0 spiro atoms. The molecule has 0 radical (unpaired) electrons. The Kier molecular flexibility index (Phi) is 5.67. The summed E-state index contributed by atoms with van der Waals surface area (Å²) in [6.45, 7) is 4.88. The van der Waals surface area contributed by atoms with Gasteiger partial charge in [0.1, 0.15) is 0 Å². The lowest BCUT2D eigenvalue weighted by atomic mass is 10.1. The van der Waals surface area contributed by atoms with Crippen molar-refractivity contribution >= 4 is 6.03 Å². The molecular formula is C16H20F2N4O. The first-order chi connectivity index (χ1) is 11.0. The molecule has 124 valence electrons. The molecule has 0 saturated carbocycles. The normalized spacial score (nSPS) is 12.0. The van der Waals surface area contributed by atoms with Crippen LogP contribution in [-0.2, 0) is 6.54 Å². The predicted molar refractivity (Wildman–Crippen MR) is 82.9 cm³/mol. The van der Waals surface area contributed by atoms with Gasteiger partial charge in [-0.25, -0.2) is 13.6 Å². The Morgan fingerprint density at radius 1 is 1.35 bits per heavy atom. The third-order valence-corrected chi connectivity index (χ3v) is 3.40. The van der Waals surface area contributed by atoms with E-state index in [0.717, 1.165) is 24.1 Å². The van der Waals surface area contributed by atoms with Crippen LogP contribution in [0.5, 0.6) is 0 Å². The van der Waals surface area contributed by atoms with E-state index < -0.39 is 17.7 Å². The first-order valence-corrected chi connectivity index (χ1v) is 7.44. The maximum atomic E-state index is 13.2. The predicted octanol–water partition coefficient (Wildman–Crippen LogP) is 2.92. The number of rotatable bonds is 6. The summed E-state index contributed by atoms with van der Waals surface area (Å²) in [4.78, 5) is 11.8. The zero-order chi connectivity index (χ0) is 16.8. The number of carbonyl (C=O) groups is 1. The minimum Gasteiger partial charge on any atom is -0.338 e. The number of hydrogen-bond acceptors (Lipinski definition) is 2. The monoisotopic (exact) mass is 322 g/mol. The van der Waals surface area contributed by atoms with Crippen molar-refractivity contribution in [2.45, 2.75) is 32.9 Å². The van der Waals surface area contributed by atoms with Gasteiger partial charge in [-0.2, -0.15) is 5.10 Å². The van der Waals surface area contributed by atoms with Crippen LogP contribution in [0.4, 0.5) is 13.6 Å². The number of hydrogen-bond donors (Lipinski definition) is 2. The molecule has 1 unspecified atom stereocenters. The molecule has 0 bridgehead atoms. The van der Waals surface area contributed by atoms with E-state index in [-0.39, 0.29) is 6.03 Å². The molecule has 2 rings (SSSR count). The summed E-state index contributed by atoms with van der Waals surface area (Å²) in [5, 5.41) is 9.57. The molecule has 2 amide bonds. The van der Waals surface area contributed by atoms with Crippen molar-refractivity contribution in [3.8, 4) is 0 Å². The van der Waals surface area contributed by atoms with E-state index in [4.69, 9.17) is 0 Å². The van der Waals surface area contributed by atoms with E-state index in [0.29, 0.717) is 18.7 Å². The van der Waals surface area contributed by atoms with Crippen LogP contribution in [0.3, 0.4) is 0 Å². The molecule has 1 aromatic carbocycles. The van der Waals surface area contributed by atoms with Gasteiger partial charge < -0.3 is 10.6 Å². The Hall–Kier alpha value is -2.44. The van der Waals surface area contributed by atoms with E-state index in [1.165, 1.54) is 6.07 Å². The van der Waals surface area contributed by atoms with E-state index in [2.05, 4.69) is 15.7 Å². The number of amides is 2. The lowest BCUT2D eigenvalue weighted by Gasteiger charge is -2.15. The lowest BCUT2D eigenvalue weighted by Crippen LogP contribution is -2.37. The largest absolute Gasteiger partial charge is 0.338 e. The lowest BCUT2D eigenvalue weighted by molar-refractivity contribution is 0.237. The van der Waals surface area contributed by atoms with Crippen LogP contribution in [0.25, 0.3) is 0 Å². The molecule has 0 aliphatic carbocycles. The van der Waals surface area contributed by atoms with Gasteiger partial charge >= 0.3 is 6.03 Å². The number of carbonyl (C=O) groups excluding carboxylic acids is 1. The van der Waals surface area contributed by atoms with E-state index in [1.54, 1.807) is 13.1 Å². The average molecular weight is 322 g/mol. The average Bonchev–Trinajstić information content (AvgIpc) is 2.92. The van der Waals surface area contributed by atoms with Gasteiger partial charge in [0.25, 0.3) is 0 Å². The molecule has 23 heavy (non-hydrogen) atoms. The fraction of sp³-hybridized carbons (Fsp3) is 0.375. The highest BCUT2D eigenvalue weighted by atomic mass is 19.2. The van der Waals surface area contributed by atoms with Crippen molar-refractivity contribution in [3.63, 3.8) is 0 Å². The molecule has 1 aromatic heterocycles. The molecule has 7 heteroatoms. The Morgan fingerprint density at radius 2 is 2.13 bits per heavy atom. The van der Waals surface area contributed by atoms with Crippen LogP contribution < -0.4 is 10.6 Å². The quantitative estimate of drug-likeness (QED) is 0.803. The molecule has 0 fully saturated rings. The molecule has 0 saturated heterocycles. The van der Waals surface area contributed by atoms with E-state index >= 15 is 0 Å². The number of aromatic nitrogens is 2. The highest BCUT2D eigenvalue weighted by Crippen LogP contribution is 2.15. The maximum absolute atomic E-state index is 13.2.